The molecule has 1 aliphatic carbocycles. The Bertz CT molecular complexity index is 1050. The Kier molecular flexibility index (Phi) is 4.36. The Hall–Kier alpha value is -2.47. The molecule has 0 radical (unpaired) electrons. The molecule has 2 aromatic heterocycles. The van der Waals surface area contributed by atoms with Gasteiger partial charge >= 0.3 is 0 Å². The summed E-state index contributed by atoms with van der Waals surface area (Å²) in [6.45, 7) is 3.68. The molecule has 1 aromatic carbocycles. The summed E-state index contributed by atoms with van der Waals surface area (Å²) < 4.78 is 1.46. The lowest BCUT2D eigenvalue weighted by molar-refractivity contribution is -0.118. The smallest absolute Gasteiger partial charge is 0.263 e. The highest BCUT2D eigenvalue weighted by molar-refractivity contribution is 7.18. The molecule has 134 valence electrons. The third-order valence-corrected chi connectivity index (χ3v) is 6.30. The molecule has 0 aliphatic heterocycles. The van der Waals surface area contributed by atoms with Gasteiger partial charge in [-0.15, -0.1) is 11.3 Å². The van der Waals surface area contributed by atoms with Crippen molar-refractivity contribution in [2.75, 3.05) is 5.32 Å². The average Bonchev–Trinajstić information content (AvgIpc) is 3.02. The number of anilines is 1. The molecule has 1 aliphatic rings. The van der Waals surface area contributed by atoms with Crippen LogP contribution in [0, 0.1) is 6.92 Å². The number of aryl methyl sites for hydroxylation is 3. The number of carbonyl (C=O) groups excluding carboxylic acids is 1. The second-order valence-corrected chi connectivity index (χ2v) is 7.91. The normalized spacial score (nSPS) is 14.8. The van der Waals surface area contributed by atoms with E-state index in [0.29, 0.717) is 5.39 Å². The van der Waals surface area contributed by atoms with Gasteiger partial charge in [-0.3, -0.25) is 14.2 Å². The van der Waals surface area contributed by atoms with E-state index in [1.165, 1.54) is 22.2 Å². The maximum Gasteiger partial charge on any atom is 0.263 e. The van der Waals surface area contributed by atoms with Gasteiger partial charge in [-0.05, 0) is 56.7 Å². The van der Waals surface area contributed by atoms with Crippen LogP contribution in [0.15, 0.2) is 35.4 Å². The SMILES string of the molecule is Cc1ccccc1NC(=O)[C@H](C)n1cnc2sc3c(c2c1=O)CCCC3. The van der Waals surface area contributed by atoms with Crippen molar-refractivity contribution in [2.45, 2.75) is 45.6 Å². The molecule has 0 unspecified atom stereocenters. The molecule has 3 aromatic rings. The number of fused-ring (bicyclic) bond motifs is 3. The van der Waals surface area contributed by atoms with E-state index in [1.807, 2.05) is 31.2 Å². The Balaban J connectivity index is 1.70. The highest BCUT2D eigenvalue weighted by atomic mass is 32.1. The zero-order chi connectivity index (χ0) is 18.3. The third kappa shape index (κ3) is 2.84. The minimum Gasteiger partial charge on any atom is -0.324 e. The molecule has 0 bridgehead atoms. The van der Waals surface area contributed by atoms with E-state index < -0.39 is 6.04 Å². The van der Waals surface area contributed by atoms with Crippen LogP contribution in [-0.2, 0) is 17.6 Å². The van der Waals surface area contributed by atoms with E-state index in [4.69, 9.17) is 0 Å². The van der Waals surface area contributed by atoms with E-state index in [1.54, 1.807) is 18.3 Å². The van der Waals surface area contributed by atoms with Crippen LogP contribution >= 0.6 is 11.3 Å². The van der Waals surface area contributed by atoms with E-state index >= 15 is 0 Å². The number of amides is 1. The van der Waals surface area contributed by atoms with Crippen molar-refractivity contribution >= 4 is 33.1 Å². The molecule has 5 nitrogen and oxygen atoms in total. The predicted octanol–water partition coefficient (Wildman–Crippen LogP) is 3.84. The molecule has 1 N–H and O–H groups in total. The summed E-state index contributed by atoms with van der Waals surface area (Å²) >= 11 is 1.62. The van der Waals surface area contributed by atoms with E-state index in [2.05, 4.69) is 10.3 Å². The molecule has 1 atom stereocenters. The minimum absolute atomic E-state index is 0.109. The van der Waals surface area contributed by atoms with Crippen molar-refractivity contribution in [1.29, 1.82) is 0 Å². The molecule has 0 saturated carbocycles. The summed E-state index contributed by atoms with van der Waals surface area (Å²) in [5, 5.41) is 3.63. The molecule has 0 spiro atoms. The predicted molar refractivity (Wildman–Crippen MR) is 105 cm³/mol. The molecule has 4 rings (SSSR count). The van der Waals surface area contributed by atoms with E-state index in [-0.39, 0.29) is 11.5 Å². The summed E-state index contributed by atoms with van der Waals surface area (Å²) in [6.07, 6.45) is 5.74. The van der Waals surface area contributed by atoms with Crippen LogP contribution in [0.4, 0.5) is 5.69 Å². The van der Waals surface area contributed by atoms with Crippen molar-refractivity contribution in [3.05, 3.63) is 57.0 Å². The monoisotopic (exact) mass is 367 g/mol. The van der Waals surface area contributed by atoms with Crippen molar-refractivity contribution in [1.82, 2.24) is 9.55 Å². The number of benzene rings is 1. The summed E-state index contributed by atoms with van der Waals surface area (Å²) in [4.78, 5) is 32.3. The second-order valence-electron chi connectivity index (χ2n) is 6.83. The van der Waals surface area contributed by atoms with Gasteiger partial charge in [0.15, 0.2) is 0 Å². The Morgan fingerprint density at radius 1 is 1.27 bits per heavy atom. The van der Waals surface area contributed by atoms with Crippen molar-refractivity contribution in [2.24, 2.45) is 0 Å². The van der Waals surface area contributed by atoms with Gasteiger partial charge in [-0.1, -0.05) is 18.2 Å². The lowest BCUT2D eigenvalue weighted by Crippen LogP contribution is -2.32. The summed E-state index contributed by atoms with van der Waals surface area (Å²) in [5.41, 5.74) is 2.79. The third-order valence-electron chi connectivity index (χ3n) is 5.10. The first-order chi connectivity index (χ1) is 12.6. The summed E-state index contributed by atoms with van der Waals surface area (Å²) in [5.74, 6) is -0.216. The van der Waals surface area contributed by atoms with Crippen LogP contribution in [0.1, 0.15) is 41.8 Å². The molecular weight excluding hydrogens is 346 g/mol. The number of hydrogen-bond donors (Lipinski definition) is 1. The van der Waals surface area contributed by atoms with Crippen LogP contribution in [-0.4, -0.2) is 15.5 Å². The van der Waals surface area contributed by atoms with Gasteiger partial charge in [0.2, 0.25) is 5.91 Å². The number of hydrogen-bond acceptors (Lipinski definition) is 4. The maximum absolute atomic E-state index is 13.1. The minimum atomic E-state index is -0.627. The number of nitrogens with one attached hydrogen (secondary N) is 1. The fraction of sp³-hybridized carbons (Fsp3) is 0.350. The Morgan fingerprint density at radius 3 is 2.85 bits per heavy atom. The van der Waals surface area contributed by atoms with Crippen LogP contribution in [0.5, 0.6) is 0 Å². The van der Waals surface area contributed by atoms with Crippen LogP contribution < -0.4 is 10.9 Å². The highest BCUT2D eigenvalue weighted by Crippen LogP contribution is 2.33. The standard InChI is InChI=1S/C20H21N3O2S/c1-12-7-3-5-9-15(12)22-18(24)13(2)23-11-21-19-17(20(23)25)14-8-4-6-10-16(14)26-19/h3,5,7,9,11,13H,4,6,8,10H2,1-2H3,(H,22,24)/t13-/m0/s1. The topological polar surface area (TPSA) is 64.0 Å². The number of thiophene rings is 1. The van der Waals surface area contributed by atoms with Gasteiger partial charge in [-0.25, -0.2) is 4.98 Å². The van der Waals surface area contributed by atoms with Gasteiger partial charge in [0.25, 0.3) is 5.56 Å². The fourth-order valence-electron chi connectivity index (χ4n) is 3.51. The largest absolute Gasteiger partial charge is 0.324 e. The lowest BCUT2D eigenvalue weighted by Gasteiger charge is -2.16. The van der Waals surface area contributed by atoms with Gasteiger partial charge in [-0.2, -0.15) is 0 Å². The van der Waals surface area contributed by atoms with Gasteiger partial charge in [0.1, 0.15) is 10.9 Å². The van der Waals surface area contributed by atoms with E-state index in [9.17, 15) is 9.59 Å². The zero-order valence-corrected chi connectivity index (χ0v) is 15.7. The fourth-order valence-corrected chi connectivity index (χ4v) is 4.73. The molecular formula is C20H21N3O2S. The molecule has 2 heterocycles. The first-order valence-electron chi connectivity index (χ1n) is 8.94. The van der Waals surface area contributed by atoms with Crippen LogP contribution in [0.3, 0.4) is 0 Å². The zero-order valence-electron chi connectivity index (χ0n) is 14.9. The van der Waals surface area contributed by atoms with E-state index in [0.717, 1.165) is 40.9 Å². The highest BCUT2D eigenvalue weighted by Gasteiger charge is 2.23. The van der Waals surface area contributed by atoms with Crippen molar-refractivity contribution in [3.63, 3.8) is 0 Å². The Morgan fingerprint density at radius 2 is 2.04 bits per heavy atom. The molecule has 26 heavy (non-hydrogen) atoms. The number of aromatic nitrogens is 2. The maximum atomic E-state index is 13.1. The van der Waals surface area contributed by atoms with Crippen LogP contribution in [0.2, 0.25) is 0 Å². The van der Waals surface area contributed by atoms with Crippen molar-refractivity contribution < 1.29 is 4.79 Å². The summed E-state index contributed by atoms with van der Waals surface area (Å²) in [7, 11) is 0. The second kappa shape index (κ2) is 6.68. The Labute approximate surface area is 155 Å². The first kappa shape index (κ1) is 17.0. The summed E-state index contributed by atoms with van der Waals surface area (Å²) in [6, 6.07) is 6.98. The van der Waals surface area contributed by atoms with Gasteiger partial charge in [0, 0.05) is 10.6 Å². The van der Waals surface area contributed by atoms with Crippen molar-refractivity contribution in [3.8, 4) is 0 Å². The average molecular weight is 367 g/mol. The number of nitrogens with zero attached hydrogens (tertiary/aromatic N) is 2. The van der Waals surface area contributed by atoms with Gasteiger partial charge in [0.05, 0.1) is 11.7 Å². The quantitative estimate of drug-likeness (QED) is 0.765. The number of carbonyl (C=O) groups is 1. The molecule has 0 fully saturated rings. The molecule has 1 amide bonds. The lowest BCUT2D eigenvalue weighted by atomic mass is 9.97. The van der Waals surface area contributed by atoms with Crippen LogP contribution in [0.25, 0.3) is 10.2 Å². The molecule has 0 saturated heterocycles. The number of rotatable bonds is 3. The number of para-hydroxylation sites is 1. The first-order valence-corrected chi connectivity index (χ1v) is 9.76. The molecule has 6 heteroatoms. The van der Waals surface area contributed by atoms with Gasteiger partial charge < -0.3 is 5.32 Å².